The smallest absolute Gasteiger partial charge is 0.162 e. The van der Waals surface area contributed by atoms with Crippen LogP contribution in [0.3, 0.4) is 0 Å². The number of anilines is 1. The van der Waals surface area contributed by atoms with Crippen LogP contribution in [0.4, 0.5) is 5.69 Å². The molecule has 130 valence electrons. The summed E-state index contributed by atoms with van der Waals surface area (Å²) in [4.78, 5) is 4.40. The Morgan fingerprint density at radius 2 is 1.54 bits per heavy atom. The predicted octanol–water partition coefficient (Wildman–Crippen LogP) is 4.78. The molecule has 5 nitrogen and oxygen atoms in total. The fourth-order valence-electron chi connectivity index (χ4n) is 2.97. The fourth-order valence-corrected chi connectivity index (χ4v) is 2.97. The van der Waals surface area contributed by atoms with Crippen LogP contribution >= 0.6 is 0 Å². The molecular weight excluding hydrogens is 328 g/mol. The molecule has 0 radical (unpaired) electrons. The van der Waals surface area contributed by atoms with E-state index in [0.29, 0.717) is 17.2 Å². The third kappa shape index (κ3) is 2.84. The summed E-state index contributed by atoms with van der Waals surface area (Å²) in [5.74, 6) is 2.68. The highest BCUT2D eigenvalue weighted by Gasteiger charge is 2.11. The lowest BCUT2D eigenvalue weighted by molar-refractivity contribution is 0.355. The SMILES string of the molecule is COc1cc2nccc(Oc3ccc4ccc(N)cc4c3)c2cc1OC. The molecule has 26 heavy (non-hydrogen) atoms. The number of ether oxygens (including phenoxy) is 3. The van der Waals surface area contributed by atoms with Crippen molar-refractivity contribution in [2.75, 3.05) is 20.0 Å². The molecule has 3 aromatic carbocycles. The molecule has 0 fully saturated rings. The van der Waals surface area contributed by atoms with E-state index in [-0.39, 0.29) is 0 Å². The van der Waals surface area contributed by atoms with E-state index in [2.05, 4.69) is 4.98 Å². The maximum atomic E-state index is 6.14. The molecule has 5 heteroatoms. The zero-order valence-corrected chi connectivity index (χ0v) is 14.5. The zero-order chi connectivity index (χ0) is 18.1. The van der Waals surface area contributed by atoms with Crippen LogP contribution in [0.2, 0.25) is 0 Å². The van der Waals surface area contributed by atoms with E-state index < -0.39 is 0 Å². The van der Waals surface area contributed by atoms with Crippen molar-refractivity contribution in [3.8, 4) is 23.0 Å². The number of nitrogens with zero attached hydrogens (tertiary/aromatic N) is 1. The Hall–Kier alpha value is -3.47. The lowest BCUT2D eigenvalue weighted by Crippen LogP contribution is -1.93. The average molecular weight is 346 g/mol. The number of nitrogen functional groups attached to an aromatic ring is 1. The van der Waals surface area contributed by atoms with Crippen molar-refractivity contribution < 1.29 is 14.2 Å². The number of aromatic nitrogens is 1. The summed E-state index contributed by atoms with van der Waals surface area (Å²) < 4.78 is 16.9. The molecule has 0 amide bonds. The number of nitrogens with two attached hydrogens (primary N) is 1. The number of pyridine rings is 1. The van der Waals surface area contributed by atoms with Crippen LogP contribution in [-0.2, 0) is 0 Å². The van der Waals surface area contributed by atoms with Crippen LogP contribution < -0.4 is 19.9 Å². The maximum Gasteiger partial charge on any atom is 0.162 e. The van der Waals surface area contributed by atoms with Crippen LogP contribution in [0, 0.1) is 0 Å². The number of rotatable bonds is 4. The van der Waals surface area contributed by atoms with Gasteiger partial charge in [-0.1, -0.05) is 12.1 Å². The van der Waals surface area contributed by atoms with Crippen molar-refractivity contribution in [3.05, 3.63) is 60.8 Å². The van der Waals surface area contributed by atoms with Gasteiger partial charge < -0.3 is 19.9 Å². The van der Waals surface area contributed by atoms with Crippen LogP contribution in [-0.4, -0.2) is 19.2 Å². The molecule has 1 aromatic heterocycles. The Bertz CT molecular complexity index is 1110. The summed E-state index contributed by atoms with van der Waals surface area (Å²) in [5.41, 5.74) is 7.38. The van der Waals surface area contributed by atoms with Gasteiger partial charge in [0.15, 0.2) is 11.5 Å². The third-order valence-electron chi connectivity index (χ3n) is 4.27. The van der Waals surface area contributed by atoms with Gasteiger partial charge in [-0.15, -0.1) is 0 Å². The number of hydrogen-bond donors (Lipinski definition) is 1. The number of methoxy groups -OCH3 is 2. The Balaban J connectivity index is 1.79. The van der Waals surface area contributed by atoms with E-state index in [1.807, 2.05) is 54.6 Å². The van der Waals surface area contributed by atoms with Crippen molar-refractivity contribution in [2.24, 2.45) is 0 Å². The highest BCUT2D eigenvalue weighted by molar-refractivity contribution is 5.89. The highest BCUT2D eigenvalue weighted by atomic mass is 16.5. The van der Waals surface area contributed by atoms with Crippen LogP contribution in [0.25, 0.3) is 21.7 Å². The first-order valence-corrected chi connectivity index (χ1v) is 8.16. The summed E-state index contributed by atoms with van der Waals surface area (Å²) >= 11 is 0. The summed E-state index contributed by atoms with van der Waals surface area (Å²) in [6.45, 7) is 0. The maximum absolute atomic E-state index is 6.14. The molecule has 4 rings (SSSR count). The number of fused-ring (bicyclic) bond motifs is 2. The molecule has 0 aliphatic carbocycles. The molecular formula is C21H18N2O3. The van der Waals surface area contributed by atoms with E-state index in [9.17, 15) is 0 Å². The van der Waals surface area contributed by atoms with Gasteiger partial charge >= 0.3 is 0 Å². The molecule has 2 N–H and O–H groups in total. The monoisotopic (exact) mass is 346 g/mol. The van der Waals surface area contributed by atoms with Gasteiger partial charge in [-0.05, 0) is 47.2 Å². The number of benzene rings is 3. The lowest BCUT2D eigenvalue weighted by Gasteiger charge is -2.12. The van der Waals surface area contributed by atoms with Gasteiger partial charge in [-0.3, -0.25) is 4.98 Å². The first-order chi connectivity index (χ1) is 12.7. The van der Waals surface area contributed by atoms with Crippen molar-refractivity contribution in [1.82, 2.24) is 4.98 Å². The van der Waals surface area contributed by atoms with Gasteiger partial charge in [-0.2, -0.15) is 0 Å². The van der Waals surface area contributed by atoms with Crippen molar-refractivity contribution >= 4 is 27.4 Å². The summed E-state index contributed by atoms with van der Waals surface area (Å²) in [6.07, 6.45) is 1.71. The Kier molecular flexibility index (Phi) is 3.97. The summed E-state index contributed by atoms with van der Waals surface area (Å²) in [6, 6.07) is 17.3. The standard InChI is InChI=1S/C21H18N2O3/c1-24-20-11-17-18(12-21(20)25-2)23-8-7-19(17)26-16-6-4-13-3-5-15(22)9-14(13)10-16/h3-12H,22H2,1-2H3. The van der Waals surface area contributed by atoms with Gasteiger partial charge in [0, 0.05) is 23.3 Å². The van der Waals surface area contributed by atoms with Gasteiger partial charge in [0.05, 0.1) is 19.7 Å². The molecule has 0 spiro atoms. The largest absolute Gasteiger partial charge is 0.493 e. The molecule has 0 unspecified atom stereocenters. The van der Waals surface area contributed by atoms with Gasteiger partial charge in [0.1, 0.15) is 11.5 Å². The zero-order valence-electron chi connectivity index (χ0n) is 14.5. The third-order valence-corrected chi connectivity index (χ3v) is 4.27. The van der Waals surface area contributed by atoms with E-state index in [1.54, 1.807) is 20.4 Å². The van der Waals surface area contributed by atoms with Crippen LogP contribution in [0.15, 0.2) is 60.8 Å². The van der Waals surface area contributed by atoms with Crippen LogP contribution in [0.5, 0.6) is 23.0 Å². The van der Waals surface area contributed by atoms with Gasteiger partial charge in [0.25, 0.3) is 0 Å². The minimum absolute atomic E-state index is 0.629. The molecule has 0 saturated heterocycles. The molecule has 0 bridgehead atoms. The second-order valence-corrected chi connectivity index (χ2v) is 5.90. The van der Waals surface area contributed by atoms with Gasteiger partial charge in [0.2, 0.25) is 0 Å². The molecule has 0 atom stereocenters. The van der Waals surface area contributed by atoms with Crippen molar-refractivity contribution in [3.63, 3.8) is 0 Å². The molecule has 0 saturated carbocycles. The topological polar surface area (TPSA) is 66.6 Å². The first-order valence-electron chi connectivity index (χ1n) is 8.16. The van der Waals surface area contributed by atoms with Crippen molar-refractivity contribution in [1.29, 1.82) is 0 Å². The van der Waals surface area contributed by atoms with Crippen LogP contribution in [0.1, 0.15) is 0 Å². The van der Waals surface area contributed by atoms with Crippen molar-refractivity contribution in [2.45, 2.75) is 0 Å². The molecule has 1 heterocycles. The quantitative estimate of drug-likeness (QED) is 0.539. The predicted molar refractivity (Wildman–Crippen MR) is 103 cm³/mol. The molecule has 4 aromatic rings. The lowest BCUT2D eigenvalue weighted by atomic mass is 10.1. The van der Waals surface area contributed by atoms with E-state index >= 15 is 0 Å². The number of hydrogen-bond acceptors (Lipinski definition) is 5. The summed E-state index contributed by atoms with van der Waals surface area (Å²) in [5, 5.41) is 2.98. The second kappa shape index (κ2) is 6.44. The summed E-state index contributed by atoms with van der Waals surface area (Å²) in [7, 11) is 3.21. The minimum atomic E-state index is 0.629. The Morgan fingerprint density at radius 1 is 0.769 bits per heavy atom. The molecule has 0 aliphatic heterocycles. The Morgan fingerprint density at radius 3 is 2.35 bits per heavy atom. The second-order valence-electron chi connectivity index (χ2n) is 5.90. The molecule has 0 aliphatic rings. The normalized spacial score (nSPS) is 10.8. The van der Waals surface area contributed by atoms with E-state index in [1.165, 1.54) is 0 Å². The minimum Gasteiger partial charge on any atom is -0.493 e. The van der Waals surface area contributed by atoms with E-state index in [4.69, 9.17) is 19.9 Å². The average Bonchev–Trinajstić information content (AvgIpc) is 2.66. The Labute approximate surface area is 150 Å². The highest BCUT2D eigenvalue weighted by Crippen LogP contribution is 2.37. The first kappa shape index (κ1) is 16.0. The van der Waals surface area contributed by atoms with E-state index in [0.717, 1.165) is 33.1 Å². The van der Waals surface area contributed by atoms with Gasteiger partial charge in [-0.25, -0.2) is 0 Å². The fraction of sp³-hybridized carbons (Fsp3) is 0.0952.